The van der Waals surface area contributed by atoms with Crippen LogP contribution in [0.5, 0.6) is 5.75 Å². The van der Waals surface area contributed by atoms with Crippen molar-refractivity contribution >= 4 is 11.6 Å². The second-order valence-electron chi connectivity index (χ2n) is 5.11. The molecule has 0 radical (unpaired) electrons. The van der Waals surface area contributed by atoms with Crippen LogP contribution >= 0.6 is 0 Å². The summed E-state index contributed by atoms with van der Waals surface area (Å²) in [4.78, 5) is 12.0. The average molecular weight is 263 g/mol. The van der Waals surface area contributed by atoms with Gasteiger partial charge in [-0.3, -0.25) is 4.79 Å². The summed E-state index contributed by atoms with van der Waals surface area (Å²) in [5, 5.41) is 2.88. The fourth-order valence-electron chi connectivity index (χ4n) is 2.17. The van der Waals surface area contributed by atoms with Gasteiger partial charge in [0, 0.05) is 6.61 Å². The maximum absolute atomic E-state index is 12.0. The van der Waals surface area contributed by atoms with Crippen molar-refractivity contribution in [3.63, 3.8) is 0 Å². The normalized spacial score (nSPS) is 18.6. The van der Waals surface area contributed by atoms with Gasteiger partial charge in [-0.15, -0.1) is 0 Å². The van der Waals surface area contributed by atoms with Gasteiger partial charge in [0.15, 0.2) is 0 Å². The van der Waals surface area contributed by atoms with Gasteiger partial charge >= 0.3 is 0 Å². The van der Waals surface area contributed by atoms with Gasteiger partial charge in [0.25, 0.3) is 5.91 Å². The topological polar surface area (TPSA) is 47.6 Å². The lowest BCUT2D eigenvalue weighted by Gasteiger charge is -2.15. The second kappa shape index (κ2) is 6.06. The first-order valence-electron chi connectivity index (χ1n) is 6.72. The Hall–Kier alpha value is -1.55. The molecule has 2 rings (SSSR count). The summed E-state index contributed by atoms with van der Waals surface area (Å²) in [7, 11) is 1.61. The van der Waals surface area contributed by atoms with E-state index >= 15 is 0 Å². The van der Waals surface area contributed by atoms with E-state index in [1.807, 2.05) is 18.2 Å². The van der Waals surface area contributed by atoms with Crippen LogP contribution in [0, 0.1) is 0 Å². The molecule has 1 unspecified atom stereocenters. The SMILES string of the molecule is COc1cc(C(C)C)ccc1NC(=O)C1CCCO1. The molecule has 4 heteroatoms. The fourth-order valence-corrected chi connectivity index (χ4v) is 2.17. The Morgan fingerprint density at radius 2 is 2.26 bits per heavy atom. The van der Waals surface area contributed by atoms with E-state index in [2.05, 4.69) is 19.2 Å². The standard InChI is InChI=1S/C15H21NO3/c1-10(2)11-6-7-12(14(9-11)18-3)16-15(17)13-5-4-8-19-13/h6-7,9-10,13H,4-5,8H2,1-3H3,(H,16,17). The van der Waals surface area contributed by atoms with Crippen molar-refractivity contribution in [2.75, 3.05) is 19.0 Å². The molecule has 1 heterocycles. The molecule has 1 aliphatic rings. The highest BCUT2D eigenvalue weighted by molar-refractivity contribution is 5.95. The summed E-state index contributed by atoms with van der Waals surface area (Å²) in [5.74, 6) is 1.03. The number of rotatable bonds is 4. The minimum atomic E-state index is -0.325. The fraction of sp³-hybridized carbons (Fsp3) is 0.533. The van der Waals surface area contributed by atoms with E-state index in [-0.39, 0.29) is 12.0 Å². The highest BCUT2D eigenvalue weighted by Crippen LogP contribution is 2.29. The molecule has 1 fully saturated rings. The van der Waals surface area contributed by atoms with Crippen molar-refractivity contribution < 1.29 is 14.3 Å². The number of anilines is 1. The molecule has 1 aromatic rings. The number of carbonyl (C=O) groups is 1. The van der Waals surface area contributed by atoms with Gasteiger partial charge in [0.2, 0.25) is 0 Å². The van der Waals surface area contributed by atoms with Crippen LogP contribution in [0.15, 0.2) is 18.2 Å². The number of nitrogens with one attached hydrogen (secondary N) is 1. The molecular formula is C15H21NO3. The summed E-state index contributed by atoms with van der Waals surface area (Å²) in [6.07, 6.45) is 1.41. The van der Waals surface area contributed by atoms with Crippen molar-refractivity contribution in [3.05, 3.63) is 23.8 Å². The second-order valence-corrected chi connectivity index (χ2v) is 5.11. The number of benzene rings is 1. The zero-order valence-electron chi connectivity index (χ0n) is 11.7. The third-order valence-corrected chi connectivity index (χ3v) is 3.37. The Kier molecular flexibility index (Phi) is 4.43. The number of methoxy groups -OCH3 is 1. The summed E-state index contributed by atoms with van der Waals surface area (Å²) in [6.45, 7) is 4.92. The first-order valence-corrected chi connectivity index (χ1v) is 6.72. The Labute approximate surface area is 114 Å². The third kappa shape index (κ3) is 3.26. The molecule has 0 saturated carbocycles. The smallest absolute Gasteiger partial charge is 0.253 e. The van der Waals surface area contributed by atoms with Crippen molar-refractivity contribution in [3.8, 4) is 5.75 Å². The Morgan fingerprint density at radius 1 is 1.47 bits per heavy atom. The molecule has 0 spiro atoms. The van der Waals surface area contributed by atoms with Crippen molar-refractivity contribution in [1.29, 1.82) is 0 Å². The first kappa shape index (κ1) is 13.9. The molecule has 1 amide bonds. The first-order chi connectivity index (χ1) is 9.11. The van der Waals surface area contributed by atoms with E-state index in [1.54, 1.807) is 7.11 Å². The zero-order valence-corrected chi connectivity index (χ0v) is 11.7. The number of hydrogen-bond donors (Lipinski definition) is 1. The minimum absolute atomic E-state index is 0.0897. The quantitative estimate of drug-likeness (QED) is 0.908. The largest absolute Gasteiger partial charge is 0.495 e. The number of amides is 1. The van der Waals surface area contributed by atoms with Gasteiger partial charge in [-0.1, -0.05) is 19.9 Å². The monoisotopic (exact) mass is 263 g/mol. The lowest BCUT2D eigenvalue weighted by molar-refractivity contribution is -0.124. The van der Waals surface area contributed by atoms with E-state index in [0.29, 0.717) is 24.0 Å². The molecular weight excluding hydrogens is 242 g/mol. The van der Waals surface area contributed by atoms with Crippen LogP contribution in [0.2, 0.25) is 0 Å². The van der Waals surface area contributed by atoms with E-state index in [1.165, 1.54) is 5.56 Å². The van der Waals surface area contributed by atoms with Crippen molar-refractivity contribution in [2.24, 2.45) is 0 Å². The molecule has 1 N–H and O–H groups in total. The zero-order chi connectivity index (χ0) is 13.8. The van der Waals surface area contributed by atoms with Gasteiger partial charge in [-0.2, -0.15) is 0 Å². The molecule has 19 heavy (non-hydrogen) atoms. The molecule has 1 atom stereocenters. The summed E-state index contributed by atoms with van der Waals surface area (Å²) in [5.41, 5.74) is 1.89. The molecule has 4 nitrogen and oxygen atoms in total. The van der Waals surface area contributed by atoms with Crippen LogP contribution < -0.4 is 10.1 Å². The van der Waals surface area contributed by atoms with Gasteiger partial charge < -0.3 is 14.8 Å². The van der Waals surface area contributed by atoms with Gasteiger partial charge in [-0.05, 0) is 36.5 Å². The van der Waals surface area contributed by atoms with E-state index < -0.39 is 0 Å². The molecule has 1 aromatic carbocycles. The van der Waals surface area contributed by atoms with E-state index in [9.17, 15) is 4.79 Å². The Morgan fingerprint density at radius 3 is 2.84 bits per heavy atom. The van der Waals surface area contributed by atoms with Crippen molar-refractivity contribution in [2.45, 2.75) is 38.7 Å². The summed E-state index contributed by atoms with van der Waals surface area (Å²) in [6, 6.07) is 5.87. The van der Waals surface area contributed by atoms with E-state index in [0.717, 1.165) is 12.8 Å². The van der Waals surface area contributed by atoms with Crippen LogP contribution in [-0.4, -0.2) is 25.7 Å². The van der Waals surface area contributed by atoms with Crippen LogP contribution in [0.1, 0.15) is 38.2 Å². The lowest BCUT2D eigenvalue weighted by Crippen LogP contribution is -2.27. The lowest BCUT2D eigenvalue weighted by atomic mass is 10.0. The van der Waals surface area contributed by atoms with Crippen LogP contribution in [0.4, 0.5) is 5.69 Å². The Bertz CT molecular complexity index is 451. The number of hydrogen-bond acceptors (Lipinski definition) is 3. The predicted molar refractivity (Wildman–Crippen MR) is 74.7 cm³/mol. The van der Waals surface area contributed by atoms with Crippen LogP contribution in [0.25, 0.3) is 0 Å². The van der Waals surface area contributed by atoms with E-state index in [4.69, 9.17) is 9.47 Å². The third-order valence-electron chi connectivity index (χ3n) is 3.37. The predicted octanol–water partition coefficient (Wildman–Crippen LogP) is 2.94. The Balaban J connectivity index is 2.12. The highest BCUT2D eigenvalue weighted by atomic mass is 16.5. The van der Waals surface area contributed by atoms with Gasteiger partial charge in [0.05, 0.1) is 12.8 Å². The van der Waals surface area contributed by atoms with Gasteiger partial charge in [0.1, 0.15) is 11.9 Å². The highest BCUT2D eigenvalue weighted by Gasteiger charge is 2.24. The summed E-state index contributed by atoms with van der Waals surface area (Å²) < 4.78 is 10.7. The average Bonchev–Trinajstić information content (AvgIpc) is 2.92. The van der Waals surface area contributed by atoms with Crippen molar-refractivity contribution in [1.82, 2.24) is 0 Å². The molecule has 104 valence electrons. The number of ether oxygens (including phenoxy) is 2. The van der Waals surface area contributed by atoms with Crippen LogP contribution in [-0.2, 0) is 9.53 Å². The number of carbonyl (C=O) groups excluding carboxylic acids is 1. The van der Waals surface area contributed by atoms with Gasteiger partial charge in [-0.25, -0.2) is 0 Å². The van der Waals surface area contributed by atoms with Crippen LogP contribution in [0.3, 0.4) is 0 Å². The minimum Gasteiger partial charge on any atom is -0.495 e. The molecule has 0 aliphatic carbocycles. The maximum atomic E-state index is 12.0. The molecule has 1 aliphatic heterocycles. The molecule has 0 aromatic heterocycles. The molecule has 0 bridgehead atoms. The maximum Gasteiger partial charge on any atom is 0.253 e. The molecule has 1 saturated heterocycles. The summed E-state index contributed by atoms with van der Waals surface area (Å²) >= 11 is 0.